The SMILES string of the molecule is NC(c1ccc(F)c(F)c1)c1cc(C(F)(F)F)ccc1F. The van der Waals surface area contributed by atoms with Crippen LogP contribution in [0.2, 0.25) is 0 Å². The maximum absolute atomic E-state index is 13.7. The molecule has 21 heavy (non-hydrogen) atoms. The smallest absolute Gasteiger partial charge is 0.320 e. The van der Waals surface area contributed by atoms with Gasteiger partial charge in [-0.2, -0.15) is 13.2 Å². The number of benzene rings is 2. The largest absolute Gasteiger partial charge is 0.416 e. The van der Waals surface area contributed by atoms with Crippen LogP contribution in [0.3, 0.4) is 0 Å². The van der Waals surface area contributed by atoms with Crippen LogP contribution < -0.4 is 5.73 Å². The fourth-order valence-corrected chi connectivity index (χ4v) is 1.84. The Bertz CT molecular complexity index is 665. The van der Waals surface area contributed by atoms with Crippen LogP contribution in [-0.4, -0.2) is 0 Å². The normalized spacial score (nSPS) is 13.3. The van der Waals surface area contributed by atoms with Gasteiger partial charge in [0.25, 0.3) is 0 Å². The molecule has 2 N–H and O–H groups in total. The molecule has 0 heterocycles. The van der Waals surface area contributed by atoms with Crippen molar-refractivity contribution in [2.24, 2.45) is 5.73 Å². The van der Waals surface area contributed by atoms with E-state index in [1.165, 1.54) is 0 Å². The third kappa shape index (κ3) is 3.18. The molecular formula is C14H9F6N. The molecule has 0 aliphatic carbocycles. The number of hydrogen-bond acceptors (Lipinski definition) is 1. The van der Waals surface area contributed by atoms with Crippen LogP contribution in [0.15, 0.2) is 36.4 Å². The van der Waals surface area contributed by atoms with Gasteiger partial charge in [-0.15, -0.1) is 0 Å². The molecule has 0 saturated carbocycles. The van der Waals surface area contributed by atoms with E-state index in [-0.39, 0.29) is 5.56 Å². The summed E-state index contributed by atoms with van der Waals surface area (Å²) in [7, 11) is 0. The summed E-state index contributed by atoms with van der Waals surface area (Å²) in [6, 6.07) is 3.01. The highest BCUT2D eigenvalue weighted by Crippen LogP contribution is 2.33. The molecule has 112 valence electrons. The molecule has 1 atom stereocenters. The molecule has 7 heteroatoms. The van der Waals surface area contributed by atoms with Crippen LogP contribution in [0.5, 0.6) is 0 Å². The van der Waals surface area contributed by atoms with E-state index in [0.29, 0.717) is 18.2 Å². The van der Waals surface area contributed by atoms with Gasteiger partial charge in [-0.3, -0.25) is 0 Å². The summed E-state index contributed by atoms with van der Waals surface area (Å²) in [5.41, 5.74) is 4.10. The van der Waals surface area contributed by atoms with Crippen molar-refractivity contribution in [1.82, 2.24) is 0 Å². The third-order valence-corrected chi connectivity index (χ3v) is 2.96. The molecule has 2 aromatic carbocycles. The van der Waals surface area contributed by atoms with E-state index >= 15 is 0 Å². The Morgan fingerprint density at radius 2 is 1.43 bits per heavy atom. The highest BCUT2D eigenvalue weighted by atomic mass is 19.4. The van der Waals surface area contributed by atoms with Crippen LogP contribution in [0, 0.1) is 17.5 Å². The number of halogens is 6. The Morgan fingerprint density at radius 3 is 2.00 bits per heavy atom. The molecule has 0 spiro atoms. The number of rotatable bonds is 2. The fraction of sp³-hybridized carbons (Fsp3) is 0.143. The van der Waals surface area contributed by atoms with E-state index in [9.17, 15) is 26.3 Å². The molecule has 1 unspecified atom stereocenters. The van der Waals surface area contributed by atoms with Gasteiger partial charge >= 0.3 is 6.18 Å². The summed E-state index contributed by atoms with van der Waals surface area (Å²) in [5, 5.41) is 0. The van der Waals surface area contributed by atoms with Crippen molar-refractivity contribution in [3.8, 4) is 0 Å². The van der Waals surface area contributed by atoms with Gasteiger partial charge in [0.2, 0.25) is 0 Å². The van der Waals surface area contributed by atoms with Crippen LogP contribution in [0.4, 0.5) is 26.3 Å². The van der Waals surface area contributed by atoms with Crippen LogP contribution in [-0.2, 0) is 6.18 Å². The Morgan fingerprint density at radius 1 is 0.810 bits per heavy atom. The van der Waals surface area contributed by atoms with E-state index in [2.05, 4.69) is 0 Å². The molecule has 0 aromatic heterocycles. The standard InChI is InChI=1S/C14H9F6N/c15-10-4-2-8(14(18,19)20)6-9(10)13(21)7-1-3-11(16)12(17)5-7/h1-6,13H,21H2. The van der Waals surface area contributed by atoms with Gasteiger partial charge in [0.05, 0.1) is 11.6 Å². The second kappa shape index (κ2) is 5.40. The Labute approximate surface area is 116 Å². The lowest BCUT2D eigenvalue weighted by Gasteiger charge is -2.16. The first kappa shape index (κ1) is 15.4. The van der Waals surface area contributed by atoms with Gasteiger partial charge in [0, 0.05) is 5.56 Å². The quantitative estimate of drug-likeness (QED) is 0.828. The van der Waals surface area contributed by atoms with Gasteiger partial charge in [0.15, 0.2) is 11.6 Å². The second-order valence-corrected chi connectivity index (χ2v) is 4.39. The summed E-state index contributed by atoms with van der Waals surface area (Å²) < 4.78 is 77.4. The molecule has 2 aromatic rings. The fourth-order valence-electron chi connectivity index (χ4n) is 1.84. The summed E-state index contributed by atoms with van der Waals surface area (Å²) in [6.07, 6.45) is -4.66. The first-order chi connectivity index (χ1) is 9.70. The minimum Gasteiger partial charge on any atom is -0.320 e. The number of hydrogen-bond donors (Lipinski definition) is 1. The third-order valence-electron chi connectivity index (χ3n) is 2.96. The van der Waals surface area contributed by atoms with E-state index < -0.39 is 40.8 Å². The van der Waals surface area contributed by atoms with Crippen LogP contribution in [0.25, 0.3) is 0 Å². The minimum atomic E-state index is -4.66. The van der Waals surface area contributed by atoms with Gasteiger partial charge < -0.3 is 5.73 Å². The Balaban J connectivity index is 2.47. The maximum Gasteiger partial charge on any atom is 0.416 e. The van der Waals surface area contributed by atoms with Crippen LogP contribution >= 0.6 is 0 Å². The molecule has 0 radical (unpaired) electrons. The van der Waals surface area contributed by atoms with E-state index in [4.69, 9.17) is 5.73 Å². The molecule has 0 amide bonds. The average molecular weight is 305 g/mol. The van der Waals surface area contributed by atoms with Crippen molar-refractivity contribution in [3.05, 3.63) is 70.5 Å². The van der Waals surface area contributed by atoms with Crippen molar-refractivity contribution in [2.45, 2.75) is 12.2 Å². The number of alkyl halides is 3. The maximum atomic E-state index is 13.7. The molecule has 0 bridgehead atoms. The molecule has 0 aliphatic heterocycles. The molecule has 0 aliphatic rings. The topological polar surface area (TPSA) is 26.0 Å². The summed E-state index contributed by atoms with van der Waals surface area (Å²) in [5.74, 6) is -3.30. The second-order valence-electron chi connectivity index (χ2n) is 4.39. The van der Waals surface area contributed by atoms with Gasteiger partial charge in [-0.05, 0) is 35.9 Å². The highest BCUT2D eigenvalue weighted by Gasteiger charge is 2.31. The molecule has 2 rings (SSSR count). The van der Waals surface area contributed by atoms with Crippen molar-refractivity contribution in [3.63, 3.8) is 0 Å². The lowest BCUT2D eigenvalue weighted by atomic mass is 9.97. The predicted molar refractivity (Wildman–Crippen MR) is 63.8 cm³/mol. The summed E-state index contributed by atoms with van der Waals surface area (Å²) in [6.45, 7) is 0. The van der Waals surface area contributed by atoms with Crippen molar-refractivity contribution in [2.75, 3.05) is 0 Å². The minimum absolute atomic E-state index is 0.0351. The first-order valence-corrected chi connectivity index (χ1v) is 5.77. The van der Waals surface area contributed by atoms with E-state index in [1.807, 2.05) is 0 Å². The highest BCUT2D eigenvalue weighted by molar-refractivity contribution is 5.36. The van der Waals surface area contributed by atoms with Crippen molar-refractivity contribution < 1.29 is 26.3 Å². The van der Waals surface area contributed by atoms with Gasteiger partial charge in [-0.1, -0.05) is 6.07 Å². The van der Waals surface area contributed by atoms with Crippen LogP contribution in [0.1, 0.15) is 22.7 Å². The molecule has 1 nitrogen and oxygen atoms in total. The van der Waals surface area contributed by atoms with E-state index in [0.717, 1.165) is 18.2 Å². The molecular weight excluding hydrogens is 296 g/mol. The van der Waals surface area contributed by atoms with Crippen molar-refractivity contribution >= 4 is 0 Å². The first-order valence-electron chi connectivity index (χ1n) is 5.77. The zero-order valence-electron chi connectivity index (χ0n) is 10.4. The predicted octanol–water partition coefficient (Wildman–Crippen LogP) is 4.17. The van der Waals surface area contributed by atoms with Crippen molar-refractivity contribution in [1.29, 1.82) is 0 Å². The Hall–Kier alpha value is -2.02. The molecule has 0 saturated heterocycles. The number of nitrogens with two attached hydrogens (primary N) is 1. The molecule has 0 fully saturated rings. The van der Waals surface area contributed by atoms with Gasteiger partial charge in [-0.25, -0.2) is 13.2 Å². The van der Waals surface area contributed by atoms with E-state index in [1.54, 1.807) is 0 Å². The average Bonchev–Trinajstić information content (AvgIpc) is 2.40. The monoisotopic (exact) mass is 305 g/mol. The zero-order valence-corrected chi connectivity index (χ0v) is 10.4. The van der Waals surface area contributed by atoms with Gasteiger partial charge in [0.1, 0.15) is 5.82 Å². The zero-order chi connectivity index (χ0) is 15.8. The summed E-state index contributed by atoms with van der Waals surface area (Å²) in [4.78, 5) is 0. The summed E-state index contributed by atoms with van der Waals surface area (Å²) >= 11 is 0. The lowest BCUT2D eigenvalue weighted by molar-refractivity contribution is -0.137. The Kier molecular flexibility index (Phi) is 3.95. The lowest BCUT2D eigenvalue weighted by Crippen LogP contribution is -2.16.